The van der Waals surface area contributed by atoms with E-state index in [1.807, 2.05) is 72.8 Å². The van der Waals surface area contributed by atoms with E-state index >= 15 is 0 Å². The molecule has 1 heterocycles. The van der Waals surface area contributed by atoms with Crippen LogP contribution in [0.1, 0.15) is 21.5 Å². The highest BCUT2D eigenvalue weighted by atomic mass is 32.2. The van der Waals surface area contributed by atoms with Crippen molar-refractivity contribution in [3.63, 3.8) is 0 Å². The van der Waals surface area contributed by atoms with Gasteiger partial charge in [0.15, 0.2) is 0 Å². The summed E-state index contributed by atoms with van der Waals surface area (Å²) in [6.45, 7) is 0.474. The summed E-state index contributed by atoms with van der Waals surface area (Å²) in [5, 5.41) is 4.82. The number of benzene rings is 3. The molecular formula is C24H18N2O3S. The van der Waals surface area contributed by atoms with E-state index < -0.39 is 0 Å². The Kier molecular flexibility index (Phi) is 5.77. The van der Waals surface area contributed by atoms with E-state index in [9.17, 15) is 14.4 Å². The van der Waals surface area contributed by atoms with E-state index in [0.29, 0.717) is 17.0 Å². The second kappa shape index (κ2) is 8.80. The summed E-state index contributed by atoms with van der Waals surface area (Å²) < 4.78 is 0. The van der Waals surface area contributed by atoms with Gasteiger partial charge < -0.3 is 5.32 Å². The van der Waals surface area contributed by atoms with Crippen molar-refractivity contribution in [2.24, 2.45) is 0 Å². The maximum absolute atomic E-state index is 12.5. The first kappa shape index (κ1) is 19.7. The molecule has 0 bridgehead atoms. The molecule has 1 saturated heterocycles. The SMILES string of the molecule is O=C1NC(=O)C(=Cc2ccc(-c3cccc(C(=O)NCc4ccccc4)c3)cc2)S1. The zero-order valence-corrected chi connectivity index (χ0v) is 16.7. The van der Waals surface area contributed by atoms with Crippen molar-refractivity contribution in [2.75, 3.05) is 0 Å². The molecule has 4 rings (SSSR count). The summed E-state index contributed by atoms with van der Waals surface area (Å²) in [7, 11) is 0. The number of carbonyl (C=O) groups is 3. The number of imide groups is 1. The number of hydrogen-bond donors (Lipinski definition) is 2. The van der Waals surface area contributed by atoms with E-state index in [1.54, 1.807) is 12.1 Å². The molecular weight excluding hydrogens is 396 g/mol. The van der Waals surface area contributed by atoms with E-state index in [2.05, 4.69) is 10.6 Å². The van der Waals surface area contributed by atoms with Gasteiger partial charge in [-0.25, -0.2) is 0 Å². The third-order valence-electron chi connectivity index (χ3n) is 4.60. The fraction of sp³-hybridized carbons (Fsp3) is 0.0417. The Balaban J connectivity index is 1.47. The summed E-state index contributed by atoms with van der Waals surface area (Å²) in [4.78, 5) is 35.8. The zero-order chi connectivity index (χ0) is 20.9. The second-order valence-corrected chi connectivity index (χ2v) is 7.74. The highest BCUT2D eigenvalue weighted by molar-refractivity contribution is 8.18. The molecule has 5 nitrogen and oxygen atoms in total. The molecule has 0 radical (unpaired) electrons. The number of hydrogen-bond acceptors (Lipinski definition) is 4. The van der Waals surface area contributed by atoms with E-state index in [4.69, 9.17) is 0 Å². The molecule has 0 unspecified atom stereocenters. The predicted molar refractivity (Wildman–Crippen MR) is 119 cm³/mol. The molecule has 0 atom stereocenters. The van der Waals surface area contributed by atoms with Crippen LogP contribution in [-0.4, -0.2) is 17.1 Å². The van der Waals surface area contributed by atoms with Crippen molar-refractivity contribution < 1.29 is 14.4 Å². The Bertz CT molecular complexity index is 1140. The van der Waals surface area contributed by atoms with Gasteiger partial charge in [-0.1, -0.05) is 66.7 Å². The first-order valence-corrected chi connectivity index (χ1v) is 10.2. The smallest absolute Gasteiger partial charge is 0.290 e. The van der Waals surface area contributed by atoms with Gasteiger partial charge in [-0.2, -0.15) is 0 Å². The lowest BCUT2D eigenvalue weighted by molar-refractivity contribution is -0.115. The van der Waals surface area contributed by atoms with Gasteiger partial charge in [-0.05, 0) is 52.2 Å². The number of nitrogens with one attached hydrogen (secondary N) is 2. The molecule has 3 amide bonds. The quantitative estimate of drug-likeness (QED) is 0.598. The summed E-state index contributed by atoms with van der Waals surface area (Å²) in [6, 6.07) is 24.8. The van der Waals surface area contributed by atoms with Gasteiger partial charge in [-0.3, -0.25) is 19.7 Å². The van der Waals surface area contributed by atoms with Crippen molar-refractivity contribution in [1.82, 2.24) is 10.6 Å². The van der Waals surface area contributed by atoms with Crippen LogP contribution in [-0.2, 0) is 11.3 Å². The number of carbonyl (C=O) groups excluding carboxylic acids is 3. The van der Waals surface area contributed by atoms with Gasteiger partial charge in [0, 0.05) is 12.1 Å². The van der Waals surface area contributed by atoms with Crippen LogP contribution < -0.4 is 10.6 Å². The van der Waals surface area contributed by atoms with Crippen molar-refractivity contribution in [2.45, 2.75) is 6.54 Å². The molecule has 3 aromatic carbocycles. The maximum atomic E-state index is 12.5. The third kappa shape index (κ3) is 4.67. The van der Waals surface area contributed by atoms with Gasteiger partial charge in [0.25, 0.3) is 17.1 Å². The van der Waals surface area contributed by atoms with Crippen molar-refractivity contribution in [3.05, 3.63) is 100 Å². The molecule has 0 saturated carbocycles. The topological polar surface area (TPSA) is 75.3 Å². The summed E-state index contributed by atoms with van der Waals surface area (Å²) in [5.74, 6) is -0.501. The molecule has 3 aromatic rings. The second-order valence-electron chi connectivity index (χ2n) is 6.72. The van der Waals surface area contributed by atoms with E-state index in [1.165, 1.54) is 0 Å². The van der Waals surface area contributed by atoms with Gasteiger partial charge in [0.2, 0.25) is 0 Å². The molecule has 1 aliphatic rings. The molecule has 30 heavy (non-hydrogen) atoms. The fourth-order valence-corrected chi connectivity index (χ4v) is 3.75. The Morgan fingerprint density at radius 1 is 0.900 bits per heavy atom. The van der Waals surface area contributed by atoms with Crippen LogP contribution in [0.3, 0.4) is 0 Å². The average Bonchev–Trinajstić information content (AvgIpc) is 3.10. The molecule has 148 valence electrons. The Hall–Kier alpha value is -3.64. The van der Waals surface area contributed by atoms with Gasteiger partial charge >= 0.3 is 0 Å². The lowest BCUT2D eigenvalue weighted by Crippen LogP contribution is -2.22. The van der Waals surface area contributed by atoms with Gasteiger partial charge in [-0.15, -0.1) is 0 Å². The Labute approximate surface area is 178 Å². The predicted octanol–water partition coefficient (Wildman–Crippen LogP) is 4.61. The summed E-state index contributed by atoms with van der Waals surface area (Å²) in [6.07, 6.45) is 1.68. The molecule has 0 aromatic heterocycles. The third-order valence-corrected chi connectivity index (χ3v) is 5.42. The lowest BCUT2D eigenvalue weighted by Gasteiger charge is -2.08. The molecule has 1 fully saturated rings. The van der Waals surface area contributed by atoms with E-state index in [-0.39, 0.29) is 17.1 Å². The number of rotatable bonds is 5. The molecule has 1 aliphatic heterocycles. The minimum Gasteiger partial charge on any atom is -0.348 e. The monoisotopic (exact) mass is 414 g/mol. The van der Waals surface area contributed by atoms with E-state index in [0.717, 1.165) is 34.0 Å². The fourth-order valence-electron chi connectivity index (χ4n) is 3.06. The summed E-state index contributed by atoms with van der Waals surface area (Å²) in [5.41, 5.74) is 4.33. The highest BCUT2D eigenvalue weighted by Gasteiger charge is 2.24. The molecule has 0 spiro atoms. The first-order chi connectivity index (χ1) is 14.6. The van der Waals surface area contributed by atoms with Crippen LogP contribution in [0.15, 0.2) is 83.8 Å². The maximum Gasteiger partial charge on any atom is 0.290 e. The van der Waals surface area contributed by atoms with Gasteiger partial charge in [0.1, 0.15) is 0 Å². The zero-order valence-electron chi connectivity index (χ0n) is 15.9. The van der Waals surface area contributed by atoms with Crippen LogP contribution in [0.2, 0.25) is 0 Å². The number of amides is 3. The van der Waals surface area contributed by atoms with Crippen LogP contribution in [0, 0.1) is 0 Å². The standard InChI is InChI=1S/C24H18N2O3S/c27-22(25-15-17-5-2-1-3-6-17)20-8-4-7-19(14-20)18-11-9-16(10-12-18)13-21-23(28)26-24(29)30-21/h1-14H,15H2,(H,25,27)(H,26,28,29). The van der Waals surface area contributed by atoms with Crippen molar-refractivity contribution in [3.8, 4) is 11.1 Å². The summed E-state index contributed by atoms with van der Waals surface area (Å²) >= 11 is 0.894. The largest absolute Gasteiger partial charge is 0.348 e. The van der Waals surface area contributed by atoms with Crippen LogP contribution >= 0.6 is 11.8 Å². The minimum atomic E-state index is -0.372. The Morgan fingerprint density at radius 2 is 1.67 bits per heavy atom. The normalized spacial score (nSPS) is 14.6. The Morgan fingerprint density at radius 3 is 2.37 bits per heavy atom. The lowest BCUT2D eigenvalue weighted by atomic mass is 10.0. The van der Waals surface area contributed by atoms with Crippen LogP contribution in [0.5, 0.6) is 0 Å². The minimum absolute atomic E-state index is 0.129. The molecule has 0 aliphatic carbocycles. The first-order valence-electron chi connectivity index (χ1n) is 9.36. The van der Waals surface area contributed by atoms with Crippen LogP contribution in [0.25, 0.3) is 17.2 Å². The average molecular weight is 414 g/mol. The molecule has 2 N–H and O–H groups in total. The molecule has 6 heteroatoms. The van der Waals surface area contributed by atoms with Gasteiger partial charge in [0.05, 0.1) is 4.91 Å². The van der Waals surface area contributed by atoms with Crippen molar-refractivity contribution in [1.29, 1.82) is 0 Å². The van der Waals surface area contributed by atoms with Crippen LogP contribution in [0.4, 0.5) is 4.79 Å². The number of thioether (sulfide) groups is 1. The van der Waals surface area contributed by atoms with Crippen molar-refractivity contribution >= 4 is 34.9 Å². The highest BCUT2D eigenvalue weighted by Crippen LogP contribution is 2.27.